The summed E-state index contributed by atoms with van der Waals surface area (Å²) in [7, 11) is 1.59. The van der Waals surface area contributed by atoms with Gasteiger partial charge in [0.25, 0.3) is 5.56 Å². The van der Waals surface area contributed by atoms with E-state index in [1.807, 2.05) is 0 Å². The number of hydrogen-bond donors (Lipinski definition) is 0. The van der Waals surface area contributed by atoms with Crippen LogP contribution >= 0.6 is 15.9 Å². The first-order valence-corrected chi connectivity index (χ1v) is 4.43. The molecular weight excluding hydrogens is 239 g/mol. The Morgan fingerprint density at radius 3 is 2.92 bits per heavy atom. The maximum Gasteiger partial charge on any atom is 0.267 e. The van der Waals surface area contributed by atoms with Crippen LogP contribution in [0.2, 0.25) is 0 Å². The lowest BCUT2D eigenvalue weighted by Crippen LogP contribution is -2.13. The molecule has 0 aromatic carbocycles. The number of hydrogen-bond acceptors (Lipinski definition) is 1. The Balaban J connectivity index is 3.03. The highest BCUT2D eigenvalue weighted by Gasteiger charge is 2.08. The van der Waals surface area contributed by atoms with Gasteiger partial charge in [-0.15, -0.1) is 0 Å². The minimum Gasteiger partial charge on any atom is -0.268 e. The molecular formula is C8H6BrFN2O. The summed E-state index contributed by atoms with van der Waals surface area (Å²) in [6, 6.07) is 2.82. The highest BCUT2D eigenvalue weighted by Crippen LogP contribution is 2.18. The van der Waals surface area contributed by atoms with E-state index in [0.717, 1.165) is 0 Å². The Bertz CT molecular complexity index is 529. The molecule has 0 aliphatic rings. The molecule has 13 heavy (non-hydrogen) atoms. The predicted octanol–water partition coefficient (Wildman–Crippen LogP) is 1.54. The molecule has 0 fully saturated rings. The molecule has 5 heteroatoms. The van der Waals surface area contributed by atoms with E-state index >= 15 is 0 Å². The van der Waals surface area contributed by atoms with Gasteiger partial charge < -0.3 is 0 Å². The summed E-state index contributed by atoms with van der Waals surface area (Å²) in [6.45, 7) is 0. The Morgan fingerprint density at radius 2 is 2.23 bits per heavy atom. The molecule has 0 amide bonds. The molecule has 0 bridgehead atoms. The normalized spacial score (nSPS) is 11.0. The van der Waals surface area contributed by atoms with E-state index in [4.69, 9.17) is 0 Å². The number of fused-ring (bicyclic) bond motifs is 1. The second-order valence-electron chi connectivity index (χ2n) is 2.71. The number of aromatic nitrogens is 2. The summed E-state index contributed by atoms with van der Waals surface area (Å²) in [4.78, 5) is 11.2. The van der Waals surface area contributed by atoms with Crippen molar-refractivity contribution < 1.29 is 4.39 Å². The number of pyridine rings is 1. The molecule has 0 atom stereocenters. The van der Waals surface area contributed by atoms with Crippen LogP contribution in [-0.4, -0.2) is 9.20 Å². The van der Waals surface area contributed by atoms with Crippen LogP contribution in [0.4, 0.5) is 4.39 Å². The quantitative estimate of drug-likeness (QED) is 0.691. The molecule has 0 spiro atoms. The Kier molecular flexibility index (Phi) is 1.76. The minimum atomic E-state index is -0.416. The lowest BCUT2D eigenvalue weighted by molar-refractivity contribution is 0.608. The van der Waals surface area contributed by atoms with Gasteiger partial charge in [-0.3, -0.25) is 9.31 Å². The fourth-order valence-corrected chi connectivity index (χ4v) is 1.54. The molecule has 0 radical (unpaired) electrons. The standard InChI is InChI=1S/C8H6BrFN2O/c1-11-7(13)4-6-8(10)5(9)2-3-12(6)11/h2-4H,1H3. The van der Waals surface area contributed by atoms with Gasteiger partial charge in [-0.05, 0) is 22.0 Å². The maximum absolute atomic E-state index is 13.4. The van der Waals surface area contributed by atoms with E-state index in [2.05, 4.69) is 15.9 Å². The first-order chi connectivity index (χ1) is 6.11. The summed E-state index contributed by atoms with van der Waals surface area (Å²) in [6.07, 6.45) is 1.63. The van der Waals surface area contributed by atoms with Crippen molar-refractivity contribution in [3.63, 3.8) is 0 Å². The second-order valence-corrected chi connectivity index (χ2v) is 3.57. The zero-order valence-electron chi connectivity index (χ0n) is 6.79. The van der Waals surface area contributed by atoms with Gasteiger partial charge in [0.15, 0.2) is 5.82 Å². The van der Waals surface area contributed by atoms with E-state index in [9.17, 15) is 9.18 Å². The average molecular weight is 245 g/mol. The molecule has 2 aromatic heterocycles. The Labute approximate surface area is 81.5 Å². The van der Waals surface area contributed by atoms with Gasteiger partial charge in [-0.2, -0.15) is 0 Å². The van der Waals surface area contributed by atoms with E-state index in [1.54, 1.807) is 19.3 Å². The predicted molar refractivity (Wildman–Crippen MR) is 50.3 cm³/mol. The zero-order chi connectivity index (χ0) is 9.59. The van der Waals surface area contributed by atoms with Crippen molar-refractivity contribution in [2.45, 2.75) is 0 Å². The topological polar surface area (TPSA) is 26.4 Å². The molecule has 0 aliphatic heterocycles. The van der Waals surface area contributed by atoms with Crippen LogP contribution in [0.5, 0.6) is 0 Å². The first kappa shape index (κ1) is 8.50. The summed E-state index contributed by atoms with van der Waals surface area (Å²) in [5, 5.41) is 0. The molecule has 0 aliphatic carbocycles. The number of halogens is 2. The van der Waals surface area contributed by atoms with Crippen molar-refractivity contribution in [1.82, 2.24) is 9.20 Å². The van der Waals surface area contributed by atoms with Crippen LogP contribution in [0.3, 0.4) is 0 Å². The number of rotatable bonds is 0. The fraction of sp³-hybridized carbons (Fsp3) is 0.125. The SMILES string of the molecule is Cn1c(=O)cc2c(F)c(Br)ccn21. The van der Waals surface area contributed by atoms with E-state index < -0.39 is 5.82 Å². The van der Waals surface area contributed by atoms with E-state index in [1.165, 1.54) is 15.3 Å². The molecule has 0 saturated carbocycles. The molecule has 68 valence electrons. The van der Waals surface area contributed by atoms with Gasteiger partial charge in [0.1, 0.15) is 5.52 Å². The number of aryl methyl sites for hydroxylation is 1. The third-order valence-corrected chi connectivity index (χ3v) is 2.56. The molecule has 0 saturated heterocycles. The smallest absolute Gasteiger partial charge is 0.267 e. The van der Waals surface area contributed by atoms with Crippen molar-refractivity contribution in [3.8, 4) is 0 Å². The zero-order valence-corrected chi connectivity index (χ0v) is 8.38. The molecule has 2 rings (SSSR count). The fourth-order valence-electron chi connectivity index (χ4n) is 1.22. The van der Waals surface area contributed by atoms with Gasteiger partial charge in [-0.25, -0.2) is 9.07 Å². The third kappa shape index (κ3) is 1.11. The van der Waals surface area contributed by atoms with Crippen LogP contribution in [0.15, 0.2) is 27.6 Å². The molecule has 3 nitrogen and oxygen atoms in total. The van der Waals surface area contributed by atoms with Crippen molar-refractivity contribution in [3.05, 3.63) is 39.0 Å². The highest BCUT2D eigenvalue weighted by molar-refractivity contribution is 9.10. The second kappa shape index (κ2) is 2.70. The highest BCUT2D eigenvalue weighted by atomic mass is 79.9. The lowest BCUT2D eigenvalue weighted by Gasteiger charge is -2.00. The monoisotopic (exact) mass is 244 g/mol. The van der Waals surface area contributed by atoms with Crippen LogP contribution in [0, 0.1) is 5.82 Å². The Hall–Kier alpha value is -1.10. The summed E-state index contributed by atoms with van der Waals surface area (Å²) >= 11 is 3.05. The van der Waals surface area contributed by atoms with Crippen molar-refractivity contribution in [2.24, 2.45) is 7.05 Å². The largest absolute Gasteiger partial charge is 0.268 e. The van der Waals surface area contributed by atoms with Gasteiger partial charge >= 0.3 is 0 Å². The minimum absolute atomic E-state index is 0.225. The molecule has 0 N–H and O–H groups in total. The van der Waals surface area contributed by atoms with Crippen LogP contribution in [-0.2, 0) is 7.05 Å². The van der Waals surface area contributed by atoms with Gasteiger partial charge in [0.05, 0.1) is 4.47 Å². The van der Waals surface area contributed by atoms with Crippen LogP contribution < -0.4 is 5.56 Å². The van der Waals surface area contributed by atoms with Gasteiger partial charge in [0.2, 0.25) is 0 Å². The summed E-state index contributed by atoms with van der Waals surface area (Å²) in [5.74, 6) is -0.416. The Morgan fingerprint density at radius 1 is 1.54 bits per heavy atom. The van der Waals surface area contributed by atoms with Gasteiger partial charge in [-0.1, -0.05) is 0 Å². The van der Waals surface area contributed by atoms with Gasteiger partial charge in [0, 0.05) is 19.3 Å². The molecule has 0 unspecified atom stereocenters. The van der Waals surface area contributed by atoms with Crippen LogP contribution in [0.25, 0.3) is 5.52 Å². The van der Waals surface area contributed by atoms with Crippen molar-refractivity contribution in [1.29, 1.82) is 0 Å². The molecule has 2 heterocycles. The van der Waals surface area contributed by atoms with Crippen molar-refractivity contribution in [2.75, 3.05) is 0 Å². The maximum atomic E-state index is 13.4. The lowest BCUT2D eigenvalue weighted by atomic mass is 10.4. The molecule has 2 aromatic rings. The summed E-state index contributed by atoms with van der Waals surface area (Å²) in [5.41, 5.74) is 0.0545. The first-order valence-electron chi connectivity index (χ1n) is 3.63. The van der Waals surface area contributed by atoms with E-state index in [-0.39, 0.29) is 11.1 Å². The summed E-state index contributed by atoms with van der Waals surface area (Å²) < 4.78 is 16.5. The van der Waals surface area contributed by atoms with Crippen molar-refractivity contribution >= 4 is 21.4 Å². The number of nitrogens with zero attached hydrogens (tertiary/aromatic N) is 2. The third-order valence-electron chi connectivity index (χ3n) is 1.95. The average Bonchev–Trinajstić information content (AvgIpc) is 2.38. The van der Waals surface area contributed by atoms with Crippen LogP contribution in [0.1, 0.15) is 0 Å². The van der Waals surface area contributed by atoms with E-state index in [0.29, 0.717) is 4.47 Å².